The summed E-state index contributed by atoms with van der Waals surface area (Å²) >= 11 is 0. The maximum absolute atomic E-state index is 12.0. The molecule has 2 rings (SSSR count). The quantitative estimate of drug-likeness (QED) is 0.403. The number of esters is 1. The molecule has 1 aromatic heterocycles. The molecule has 0 aliphatic heterocycles. The van der Waals surface area contributed by atoms with Crippen molar-refractivity contribution in [3.05, 3.63) is 51.9 Å². The Morgan fingerprint density at radius 3 is 2.54 bits per heavy atom. The zero-order valence-corrected chi connectivity index (χ0v) is 14.0. The van der Waals surface area contributed by atoms with Crippen molar-refractivity contribution in [3.8, 4) is 5.75 Å². The summed E-state index contributed by atoms with van der Waals surface area (Å²) in [5.74, 6) is -0.739. The maximum Gasteiger partial charge on any atom is 0.349 e. The molecule has 2 aromatic rings. The highest BCUT2D eigenvalue weighted by Crippen LogP contribution is 2.21. The first kappa shape index (κ1) is 17.5. The van der Waals surface area contributed by atoms with Gasteiger partial charge in [-0.05, 0) is 45.9 Å². The third-order valence-corrected chi connectivity index (χ3v) is 3.00. The topological polar surface area (TPSA) is 85.6 Å². The van der Waals surface area contributed by atoms with Gasteiger partial charge in [0.15, 0.2) is 0 Å². The highest BCUT2D eigenvalue weighted by Gasteiger charge is 2.15. The van der Waals surface area contributed by atoms with E-state index in [-0.39, 0.29) is 22.9 Å². The van der Waals surface area contributed by atoms with Gasteiger partial charge in [-0.15, -0.1) is 0 Å². The lowest BCUT2D eigenvalue weighted by atomic mass is 10.1. The fraction of sp³-hybridized carbons (Fsp3) is 0.278. The summed E-state index contributed by atoms with van der Waals surface area (Å²) in [5.41, 5.74) is 0.246. The molecule has 1 N–H and O–H groups in total. The number of benzene rings is 1. The van der Waals surface area contributed by atoms with Crippen LogP contribution in [0.4, 0.5) is 0 Å². The molecule has 6 heteroatoms. The SMILES string of the molecule is CC(C)=CC(=O)Oc1ccc2cc(C(=O)NC(C)C)c(=O)oc2c1. The van der Waals surface area contributed by atoms with Crippen molar-refractivity contribution in [2.45, 2.75) is 33.7 Å². The number of rotatable bonds is 4. The molecule has 1 amide bonds. The van der Waals surface area contributed by atoms with E-state index in [1.54, 1.807) is 39.8 Å². The van der Waals surface area contributed by atoms with Crippen LogP contribution in [0.15, 0.2) is 45.1 Å². The first-order valence-electron chi connectivity index (χ1n) is 7.51. The fourth-order valence-electron chi connectivity index (χ4n) is 2.03. The molecule has 0 aliphatic carbocycles. The number of fused-ring (bicyclic) bond motifs is 1. The van der Waals surface area contributed by atoms with Gasteiger partial charge in [0, 0.05) is 23.6 Å². The lowest BCUT2D eigenvalue weighted by molar-refractivity contribution is -0.129. The second-order valence-corrected chi connectivity index (χ2v) is 5.92. The van der Waals surface area contributed by atoms with Crippen LogP contribution in [-0.4, -0.2) is 17.9 Å². The first-order valence-corrected chi connectivity index (χ1v) is 7.51. The third kappa shape index (κ3) is 4.32. The summed E-state index contributed by atoms with van der Waals surface area (Å²) in [7, 11) is 0. The number of allylic oxidation sites excluding steroid dienone is 1. The Balaban J connectivity index is 2.35. The average molecular weight is 329 g/mol. The number of ether oxygens (including phenoxy) is 1. The van der Waals surface area contributed by atoms with E-state index >= 15 is 0 Å². The zero-order chi connectivity index (χ0) is 17.9. The normalized spacial score (nSPS) is 10.5. The Kier molecular flexibility index (Phi) is 5.18. The average Bonchev–Trinajstić information content (AvgIpc) is 2.44. The Hall–Kier alpha value is -2.89. The van der Waals surface area contributed by atoms with Crippen LogP contribution < -0.4 is 15.7 Å². The zero-order valence-electron chi connectivity index (χ0n) is 14.0. The second kappa shape index (κ2) is 7.12. The largest absolute Gasteiger partial charge is 0.423 e. The molecule has 24 heavy (non-hydrogen) atoms. The van der Waals surface area contributed by atoms with Crippen molar-refractivity contribution in [3.63, 3.8) is 0 Å². The van der Waals surface area contributed by atoms with E-state index in [0.29, 0.717) is 5.39 Å². The van der Waals surface area contributed by atoms with Gasteiger partial charge in [0.2, 0.25) is 0 Å². The summed E-state index contributed by atoms with van der Waals surface area (Å²) in [5, 5.41) is 3.21. The number of nitrogens with one attached hydrogen (secondary N) is 1. The lowest BCUT2D eigenvalue weighted by Gasteiger charge is -2.08. The fourth-order valence-corrected chi connectivity index (χ4v) is 2.03. The molecule has 0 aliphatic rings. The van der Waals surface area contributed by atoms with Gasteiger partial charge in [0.05, 0.1) is 0 Å². The predicted octanol–water partition coefficient (Wildman–Crippen LogP) is 2.80. The van der Waals surface area contributed by atoms with Crippen LogP contribution in [0.1, 0.15) is 38.1 Å². The van der Waals surface area contributed by atoms with Crippen LogP contribution in [0, 0.1) is 0 Å². The molecule has 6 nitrogen and oxygen atoms in total. The highest BCUT2D eigenvalue weighted by molar-refractivity contribution is 5.97. The molecule has 0 saturated heterocycles. The smallest absolute Gasteiger partial charge is 0.349 e. The van der Waals surface area contributed by atoms with Gasteiger partial charge in [-0.25, -0.2) is 9.59 Å². The standard InChI is InChI=1S/C18H19NO5/c1-10(2)7-16(20)23-13-6-5-12-8-14(17(21)19-11(3)4)18(22)24-15(12)9-13/h5-9,11H,1-4H3,(H,19,21). The highest BCUT2D eigenvalue weighted by atomic mass is 16.5. The third-order valence-electron chi connectivity index (χ3n) is 3.00. The van der Waals surface area contributed by atoms with Gasteiger partial charge in [0.1, 0.15) is 16.9 Å². The molecular formula is C18H19NO5. The van der Waals surface area contributed by atoms with Crippen molar-refractivity contribution >= 4 is 22.8 Å². The Labute approximate surface area is 139 Å². The molecule has 0 bridgehead atoms. The minimum absolute atomic E-state index is 0.0644. The van der Waals surface area contributed by atoms with E-state index in [4.69, 9.17) is 9.15 Å². The minimum Gasteiger partial charge on any atom is -0.423 e. The molecule has 1 heterocycles. The summed E-state index contributed by atoms with van der Waals surface area (Å²) in [6, 6.07) is 6.00. The molecule has 0 saturated carbocycles. The summed E-state index contributed by atoms with van der Waals surface area (Å²) in [6.07, 6.45) is 1.36. The Bertz CT molecular complexity index is 873. The van der Waals surface area contributed by atoms with Gasteiger partial charge in [-0.1, -0.05) is 5.57 Å². The predicted molar refractivity (Wildman–Crippen MR) is 90.2 cm³/mol. The van der Waals surface area contributed by atoms with Crippen molar-refractivity contribution in [2.75, 3.05) is 0 Å². The molecule has 0 unspecified atom stereocenters. The number of amides is 1. The Morgan fingerprint density at radius 2 is 1.92 bits per heavy atom. The second-order valence-electron chi connectivity index (χ2n) is 5.92. The summed E-state index contributed by atoms with van der Waals surface area (Å²) in [6.45, 7) is 7.16. The van der Waals surface area contributed by atoms with Crippen LogP contribution in [0.3, 0.4) is 0 Å². The van der Waals surface area contributed by atoms with Crippen molar-refractivity contribution in [2.24, 2.45) is 0 Å². The van der Waals surface area contributed by atoms with Gasteiger partial charge in [0.25, 0.3) is 5.91 Å². The molecule has 126 valence electrons. The van der Waals surface area contributed by atoms with Gasteiger partial charge in [-0.2, -0.15) is 0 Å². The number of carbonyl (C=O) groups excluding carboxylic acids is 2. The van der Waals surface area contributed by atoms with Crippen LogP contribution in [0.5, 0.6) is 5.75 Å². The van der Waals surface area contributed by atoms with Gasteiger partial charge in [-0.3, -0.25) is 4.79 Å². The van der Waals surface area contributed by atoms with Gasteiger partial charge < -0.3 is 14.5 Å². The molecule has 0 fully saturated rings. The van der Waals surface area contributed by atoms with E-state index in [9.17, 15) is 14.4 Å². The van der Waals surface area contributed by atoms with Crippen molar-refractivity contribution in [1.29, 1.82) is 0 Å². The van der Waals surface area contributed by atoms with E-state index in [2.05, 4.69) is 5.32 Å². The first-order chi connectivity index (χ1) is 11.3. The summed E-state index contributed by atoms with van der Waals surface area (Å²) in [4.78, 5) is 35.6. The Morgan fingerprint density at radius 1 is 1.21 bits per heavy atom. The van der Waals surface area contributed by atoms with E-state index in [1.807, 2.05) is 0 Å². The molecule has 0 spiro atoms. The van der Waals surface area contributed by atoms with Crippen molar-refractivity contribution in [1.82, 2.24) is 5.32 Å². The number of hydrogen-bond acceptors (Lipinski definition) is 5. The molecule has 0 atom stereocenters. The monoisotopic (exact) mass is 329 g/mol. The van der Waals surface area contributed by atoms with Crippen LogP contribution in [-0.2, 0) is 4.79 Å². The van der Waals surface area contributed by atoms with Crippen LogP contribution in [0.25, 0.3) is 11.0 Å². The molecular weight excluding hydrogens is 310 g/mol. The van der Waals surface area contributed by atoms with Gasteiger partial charge >= 0.3 is 11.6 Å². The van der Waals surface area contributed by atoms with Crippen LogP contribution >= 0.6 is 0 Å². The number of carbonyl (C=O) groups is 2. The lowest BCUT2D eigenvalue weighted by Crippen LogP contribution is -2.33. The van der Waals surface area contributed by atoms with Crippen LogP contribution in [0.2, 0.25) is 0 Å². The van der Waals surface area contributed by atoms with Crippen molar-refractivity contribution < 1.29 is 18.7 Å². The van der Waals surface area contributed by atoms with E-state index in [0.717, 1.165) is 5.57 Å². The van der Waals surface area contributed by atoms with E-state index < -0.39 is 17.5 Å². The molecule has 1 aromatic carbocycles. The number of hydrogen-bond donors (Lipinski definition) is 1. The maximum atomic E-state index is 12.0. The summed E-state index contributed by atoms with van der Waals surface area (Å²) < 4.78 is 10.3. The van der Waals surface area contributed by atoms with E-state index in [1.165, 1.54) is 18.2 Å². The minimum atomic E-state index is -0.742. The molecule has 0 radical (unpaired) electrons.